The molecule has 7 heteroatoms. The summed E-state index contributed by atoms with van der Waals surface area (Å²) >= 11 is 0. The van der Waals surface area contributed by atoms with Gasteiger partial charge < -0.3 is 9.64 Å². The monoisotopic (exact) mass is 377 g/mol. The molecule has 1 fully saturated rings. The Labute approximate surface area is 164 Å². The number of hydrogen-bond donors (Lipinski definition) is 0. The van der Waals surface area contributed by atoms with Crippen molar-refractivity contribution in [2.75, 3.05) is 6.54 Å². The number of benzene rings is 1. The summed E-state index contributed by atoms with van der Waals surface area (Å²) in [5.41, 5.74) is 2.29. The number of rotatable bonds is 4. The highest BCUT2D eigenvalue weighted by Crippen LogP contribution is 2.33. The van der Waals surface area contributed by atoms with Crippen molar-refractivity contribution in [3.63, 3.8) is 0 Å². The largest absolute Gasteiger partial charge is 0.439 e. The molecule has 1 aliphatic rings. The fourth-order valence-electron chi connectivity index (χ4n) is 3.50. The van der Waals surface area contributed by atoms with Crippen molar-refractivity contribution in [3.05, 3.63) is 65.4 Å². The first-order valence-corrected chi connectivity index (χ1v) is 9.41. The van der Waals surface area contributed by atoms with Crippen LogP contribution < -0.4 is 4.74 Å². The molecular formula is C21H23N5O2. The van der Waals surface area contributed by atoms with E-state index in [4.69, 9.17) is 4.74 Å². The number of ether oxygens (including phenoxy) is 1. The van der Waals surface area contributed by atoms with E-state index in [1.54, 1.807) is 24.0 Å². The van der Waals surface area contributed by atoms with Crippen LogP contribution in [0.25, 0.3) is 0 Å². The average Bonchev–Trinajstić information content (AvgIpc) is 3.32. The summed E-state index contributed by atoms with van der Waals surface area (Å²) in [6, 6.07) is 11.2. The first-order chi connectivity index (χ1) is 13.5. The quantitative estimate of drug-likeness (QED) is 0.695. The van der Waals surface area contributed by atoms with Crippen molar-refractivity contribution >= 4 is 5.91 Å². The molecule has 0 N–H and O–H groups in total. The van der Waals surface area contributed by atoms with Gasteiger partial charge in [-0.25, -0.2) is 4.98 Å². The van der Waals surface area contributed by atoms with E-state index in [9.17, 15) is 4.79 Å². The molecule has 144 valence electrons. The minimum absolute atomic E-state index is 0.0884. The average molecular weight is 377 g/mol. The summed E-state index contributed by atoms with van der Waals surface area (Å²) in [5.74, 6) is 1.79. The Hall–Kier alpha value is -3.22. The molecule has 1 unspecified atom stereocenters. The number of para-hydroxylation sites is 1. The van der Waals surface area contributed by atoms with Crippen LogP contribution in [0.1, 0.15) is 46.5 Å². The standard InChI is InChI=1S/C21H23N5O2/c1-14-7-4-5-9-18(14)28-19-13-15(2)22-20(23-19)17-8-6-11-26(17)21(27)16-10-12-25(3)24-16/h4-5,7,9-10,12-13,17H,6,8,11H2,1-3H3. The van der Waals surface area contributed by atoms with Crippen molar-refractivity contribution in [3.8, 4) is 11.6 Å². The molecule has 0 saturated carbocycles. The maximum Gasteiger partial charge on any atom is 0.274 e. The van der Waals surface area contributed by atoms with Gasteiger partial charge in [-0.1, -0.05) is 18.2 Å². The van der Waals surface area contributed by atoms with Gasteiger partial charge in [0.2, 0.25) is 5.88 Å². The Morgan fingerprint density at radius 1 is 1.18 bits per heavy atom. The Morgan fingerprint density at radius 3 is 2.75 bits per heavy atom. The number of likely N-dealkylation sites (tertiary alicyclic amines) is 1. The van der Waals surface area contributed by atoms with E-state index in [2.05, 4.69) is 15.1 Å². The van der Waals surface area contributed by atoms with Gasteiger partial charge in [0.25, 0.3) is 5.91 Å². The molecule has 2 aromatic heterocycles. The molecule has 3 heterocycles. The van der Waals surface area contributed by atoms with E-state index in [1.807, 2.05) is 49.1 Å². The minimum atomic E-state index is -0.173. The maximum atomic E-state index is 12.9. The summed E-state index contributed by atoms with van der Waals surface area (Å²) in [7, 11) is 1.80. The third kappa shape index (κ3) is 3.60. The maximum absolute atomic E-state index is 12.9. The highest BCUT2D eigenvalue weighted by molar-refractivity contribution is 5.92. The Bertz CT molecular complexity index is 1010. The van der Waals surface area contributed by atoms with Gasteiger partial charge in [0.1, 0.15) is 11.4 Å². The highest BCUT2D eigenvalue weighted by Gasteiger charge is 2.34. The van der Waals surface area contributed by atoms with Crippen LogP contribution in [-0.2, 0) is 7.05 Å². The highest BCUT2D eigenvalue weighted by atomic mass is 16.5. The van der Waals surface area contributed by atoms with Crippen LogP contribution in [0.2, 0.25) is 0 Å². The minimum Gasteiger partial charge on any atom is -0.439 e. The second kappa shape index (κ2) is 7.42. The lowest BCUT2D eigenvalue weighted by Gasteiger charge is -2.23. The van der Waals surface area contributed by atoms with Crippen LogP contribution >= 0.6 is 0 Å². The smallest absolute Gasteiger partial charge is 0.274 e. The number of amides is 1. The van der Waals surface area contributed by atoms with Gasteiger partial charge in [-0.15, -0.1) is 0 Å². The summed E-state index contributed by atoms with van der Waals surface area (Å²) in [6.45, 7) is 4.58. The first kappa shape index (κ1) is 18.2. The second-order valence-electron chi connectivity index (χ2n) is 7.10. The van der Waals surface area contributed by atoms with Crippen LogP contribution in [0.4, 0.5) is 0 Å². The van der Waals surface area contributed by atoms with E-state index >= 15 is 0 Å². The van der Waals surface area contributed by atoms with E-state index in [0.717, 1.165) is 29.8 Å². The molecular weight excluding hydrogens is 354 g/mol. The molecule has 0 spiro atoms. The summed E-state index contributed by atoms with van der Waals surface area (Å²) in [5, 5.41) is 4.24. The van der Waals surface area contributed by atoms with Crippen molar-refractivity contribution < 1.29 is 9.53 Å². The van der Waals surface area contributed by atoms with Gasteiger partial charge in [0.05, 0.1) is 6.04 Å². The first-order valence-electron chi connectivity index (χ1n) is 9.41. The fraction of sp³-hybridized carbons (Fsp3) is 0.333. The molecule has 7 nitrogen and oxygen atoms in total. The Morgan fingerprint density at radius 2 is 2.00 bits per heavy atom. The van der Waals surface area contributed by atoms with Crippen LogP contribution in [0.15, 0.2) is 42.6 Å². The number of aryl methyl sites for hydroxylation is 3. The van der Waals surface area contributed by atoms with Gasteiger partial charge >= 0.3 is 0 Å². The zero-order chi connectivity index (χ0) is 19.7. The van der Waals surface area contributed by atoms with E-state index in [1.165, 1.54) is 0 Å². The zero-order valence-electron chi connectivity index (χ0n) is 16.3. The fourth-order valence-corrected chi connectivity index (χ4v) is 3.50. The van der Waals surface area contributed by atoms with Crippen molar-refractivity contribution in [2.45, 2.75) is 32.7 Å². The zero-order valence-corrected chi connectivity index (χ0v) is 16.3. The molecule has 1 amide bonds. The lowest BCUT2D eigenvalue weighted by Crippen LogP contribution is -2.32. The third-order valence-corrected chi connectivity index (χ3v) is 4.90. The molecule has 0 aliphatic carbocycles. The summed E-state index contributed by atoms with van der Waals surface area (Å²) in [4.78, 5) is 24.0. The molecule has 1 aliphatic heterocycles. The summed E-state index contributed by atoms with van der Waals surface area (Å²) in [6.07, 6.45) is 3.51. The molecule has 3 aromatic rings. The van der Waals surface area contributed by atoms with Crippen LogP contribution in [-0.4, -0.2) is 37.1 Å². The normalized spacial score (nSPS) is 16.4. The van der Waals surface area contributed by atoms with Gasteiger partial charge in [-0.3, -0.25) is 9.48 Å². The number of aromatic nitrogens is 4. The molecule has 1 saturated heterocycles. The third-order valence-electron chi connectivity index (χ3n) is 4.90. The SMILES string of the molecule is Cc1cc(Oc2ccccc2C)nc(C2CCCN2C(=O)c2ccn(C)n2)n1. The number of hydrogen-bond acceptors (Lipinski definition) is 5. The number of carbonyl (C=O) groups excluding carboxylic acids is 1. The van der Waals surface area contributed by atoms with Crippen LogP contribution in [0.5, 0.6) is 11.6 Å². The van der Waals surface area contributed by atoms with E-state index < -0.39 is 0 Å². The van der Waals surface area contributed by atoms with E-state index in [-0.39, 0.29) is 11.9 Å². The van der Waals surface area contributed by atoms with Crippen molar-refractivity contribution in [1.82, 2.24) is 24.6 Å². The Balaban J connectivity index is 1.62. The van der Waals surface area contributed by atoms with Gasteiger partial charge in [-0.2, -0.15) is 10.1 Å². The predicted octanol–water partition coefficient (Wildman–Crippen LogP) is 3.60. The molecule has 28 heavy (non-hydrogen) atoms. The van der Waals surface area contributed by atoms with Crippen LogP contribution in [0.3, 0.4) is 0 Å². The van der Waals surface area contributed by atoms with Crippen molar-refractivity contribution in [2.24, 2.45) is 7.05 Å². The van der Waals surface area contributed by atoms with Gasteiger partial charge in [0.15, 0.2) is 5.82 Å². The topological polar surface area (TPSA) is 73.1 Å². The number of nitrogens with zero attached hydrogens (tertiary/aromatic N) is 5. The summed E-state index contributed by atoms with van der Waals surface area (Å²) < 4.78 is 7.64. The lowest BCUT2D eigenvalue weighted by molar-refractivity contribution is 0.0722. The molecule has 1 atom stereocenters. The van der Waals surface area contributed by atoms with Gasteiger partial charge in [-0.05, 0) is 44.4 Å². The van der Waals surface area contributed by atoms with Gasteiger partial charge in [0, 0.05) is 31.5 Å². The lowest BCUT2D eigenvalue weighted by atomic mass is 10.2. The molecule has 1 aromatic carbocycles. The Kier molecular flexibility index (Phi) is 4.81. The van der Waals surface area contributed by atoms with Crippen molar-refractivity contribution in [1.29, 1.82) is 0 Å². The van der Waals surface area contributed by atoms with E-state index in [0.29, 0.717) is 23.9 Å². The number of carbonyl (C=O) groups is 1. The predicted molar refractivity (Wildman–Crippen MR) is 104 cm³/mol. The van der Waals surface area contributed by atoms with Crippen LogP contribution in [0, 0.1) is 13.8 Å². The molecule has 0 bridgehead atoms. The molecule has 0 radical (unpaired) electrons. The second-order valence-corrected chi connectivity index (χ2v) is 7.10. The molecule has 4 rings (SSSR count).